The molecule has 19 heavy (non-hydrogen) atoms. The molecule has 0 saturated heterocycles. The topological polar surface area (TPSA) is 70.0 Å². The average molecular weight is 278 g/mol. The van der Waals surface area contributed by atoms with E-state index in [1.54, 1.807) is 12.1 Å². The Balaban J connectivity index is 2.17. The van der Waals surface area contributed by atoms with Gasteiger partial charge in [-0.25, -0.2) is 13.1 Å². The van der Waals surface area contributed by atoms with E-state index in [0.29, 0.717) is 6.54 Å². The molecule has 0 radical (unpaired) electrons. The molecule has 0 aromatic heterocycles. The van der Waals surface area contributed by atoms with Crippen molar-refractivity contribution in [3.63, 3.8) is 0 Å². The lowest BCUT2D eigenvalue weighted by Crippen LogP contribution is -2.34. The molecule has 0 unspecified atom stereocenters. The van der Waals surface area contributed by atoms with Crippen molar-refractivity contribution < 1.29 is 8.42 Å². The summed E-state index contributed by atoms with van der Waals surface area (Å²) in [6.45, 7) is 2.55. The Hall–Kier alpha value is -1.38. The van der Waals surface area contributed by atoms with Crippen molar-refractivity contribution in [2.75, 3.05) is 6.54 Å². The quantitative estimate of drug-likeness (QED) is 0.919. The smallest absolute Gasteiger partial charge is 0.211 e. The first-order chi connectivity index (χ1) is 8.97. The van der Waals surface area contributed by atoms with E-state index in [1.165, 1.54) is 12.1 Å². The van der Waals surface area contributed by atoms with Gasteiger partial charge in [-0.15, -0.1) is 0 Å². The van der Waals surface area contributed by atoms with Gasteiger partial charge in [-0.2, -0.15) is 5.26 Å². The first-order valence-corrected chi connectivity index (χ1v) is 7.94. The summed E-state index contributed by atoms with van der Waals surface area (Å²) >= 11 is 0. The largest absolute Gasteiger partial charge is 0.241 e. The minimum Gasteiger partial charge on any atom is -0.211 e. The molecule has 0 spiro atoms. The zero-order valence-electron chi connectivity index (χ0n) is 11.0. The minimum atomic E-state index is -3.60. The second-order valence-corrected chi connectivity index (χ2v) is 7.19. The lowest BCUT2D eigenvalue weighted by Gasteiger charge is -2.23. The maximum absolute atomic E-state index is 12.2. The Labute approximate surface area is 114 Å². The first kappa shape index (κ1) is 14.0. The zero-order valence-corrected chi connectivity index (χ0v) is 11.8. The fourth-order valence-corrected chi connectivity index (χ4v) is 3.90. The highest BCUT2D eigenvalue weighted by Gasteiger charge is 2.30. The summed E-state index contributed by atoms with van der Waals surface area (Å²) in [6.07, 6.45) is 4.42. The van der Waals surface area contributed by atoms with Crippen LogP contribution in [0, 0.1) is 16.7 Å². The summed E-state index contributed by atoms with van der Waals surface area (Å²) < 4.78 is 27.2. The van der Waals surface area contributed by atoms with Crippen LogP contribution in [0.4, 0.5) is 0 Å². The van der Waals surface area contributed by atoms with Gasteiger partial charge in [-0.1, -0.05) is 31.9 Å². The number of hydrogen-bond acceptors (Lipinski definition) is 3. The second kappa shape index (κ2) is 5.32. The van der Waals surface area contributed by atoms with Crippen LogP contribution >= 0.6 is 0 Å². The number of nitrogens with one attached hydrogen (secondary N) is 1. The lowest BCUT2D eigenvalue weighted by molar-refractivity contribution is 0.336. The van der Waals surface area contributed by atoms with Crippen molar-refractivity contribution in [2.24, 2.45) is 5.41 Å². The molecule has 1 aliphatic rings. The summed E-state index contributed by atoms with van der Waals surface area (Å²) in [5, 5.41) is 8.97. The fraction of sp³-hybridized carbons (Fsp3) is 0.500. The summed E-state index contributed by atoms with van der Waals surface area (Å²) in [5.41, 5.74) is 0.237. The summed E-state index contributed by atoms with van der Waals surface area (Å²) in [4.78, 5) is 0.0686. The molecule has 0 amide bonds. The molecule has 2 rings (SSSR count). The Morgan fingerprint density at radius 1 is 1.32 bits per heavy atom. The second-order valence-electron chi connectivity index (χ2n) is 5.45. The molecule has 0 atom stereocenters. The minimum absolute atomic E-state index is 0.0503. The molecule has 1 saturated carbocycles. The van der Waals surface area contributed by atoms with Crippen LogP contribution in [-0.4, -0.2) is 15.0 Å². The van der Waals surface area contributed by atoms with Gasteiger partial charge in [0.25, 0.3) is 0 Å². The number of nitriles is 1. The molecule has 1 aromatic rings. The van der Waals surface area contributed by atoms with Crippen LogP contribution in [0.15, 0.2) is 29.2 Å². The number of sulfonamides is 1. The Bertz CT molecular complexity index is 596. The highest BCUT2D eigenvalue weighted by molar-refractivity contribution is 7.89. The third-order valence-electron chi connectivity index (χ3n) is 3.80. The SMILES string of the molecule is CC1(CNS(=O)(=O)c2ccccc2C#N)CCCC1. The van der Waals surface area contributed by atoms with Gasteiger partial charge in [0.15, 0.2) is 0 Å². The number of rotatable bonds is 4. The zero-order chi connectivity index (χ0) is 13.9. The molecular weight excluding hydrogens is 260 g/mol. The maximum atomic E-state index is 12.2. The van der Waals surface area contributed by atoms with Crippen molar-refractivity contribution in [1.82, 2.24) is 4.72 Å². The highest BCUT2D eigenvalue weighted by Crippen LogP contribution is 2.37. The van der Waals surface area contributed by atoms with Crippen molar-refractivity contribution >= 4 is 10.0 Å². The van der Waals surface area contributed by atoms with E-state index in [1.807, 2.05) is 6.07 Å². The molecular formula is C14H18N2O2S. The van der Waals surface area contributed by atoms with Gasteiger partial charge < -0.3 is 0 Å². The molecule has 4 nitrogen and oxygen atoms in total. The number of hydrogen-bond donors (Lipinski definition) is 1. The van der Waals surface area contributed by atoms with Gasteiger partial charge in [-0.05, 0) is 30.4 Å². The van der Waals surface area contributed by atoms with Crippen molar-refractivity contribution in [3.8, 4) is 6.07 Å². The fourth-order valence-electron chi connectivity index (χ4n) is 2.55. The predicted octanol–water partition coefficient (Wildman–Crippen LogP) is 2.42. The summed E-state index contributed by atoms with van der Waals surface area (Å²) in [7, 11) is -3.60. The lowest BCUT2D eigenvalue weighted by atomic mass is 9.89. The van der Waals surface area contributed by atoms with Gasteiger partial charge in [-0.3, -0.25) is 0 Å². The molecule has 0 heterocycles. The third-order valence-corrected chi connectivity index (χ3v) is 5.26. The van der Waals surface area contributed by atoms with Gasteiger partial charge >= 0.3 is 0 Å². The van der Waals surface area contributed by atoms with E-state index < -0.39 is 10.0 Å². The molecule has 0 aliphatic heterocycles. The van der Waals surface area contributed by atoms with E-state index in [4.69, 9.17) is 5.26 Å². The van der Waals surface area contributed by atoms with Gasteiger partial charge in [0.1, 0.15) is 6.07 Å². The first-order valence-electron chi connectivity index (χ1n) is 6.46. The number of nitrogens with zero attached hydrogens (tertiary/aromatic N) is 1. The Kier molecular flexibility index (Phi) is 3.93. The Morgan fingerprint density at radius 3 is 2.58 bits per heavy atom. The predicted molar refractivity (Wildman–Crippen MR) is 72.9 cm³/mol. The molecule has 1 aromatic carbocycles. The average Bonchev–Trinajstić information content (AvgIpc) is 2.84. The maximum Gasteiger partial charge on any atom is 0.241 e. The normalized spacial score (nSPS) is 18.1. The van der Waals surface area contributed by atoms with E-state index >= 15 is 0 Å². The molecule has 102 valence electrons. The molecule has 1 fully saturated rings. The molecule has 5 heteroatoms. The third kappa shape index (κ3) is 3.14. The monoisotopic (exact) mass is 278 g/mol. The highest BCUT2D eigenvalue weighted by atomic mass is 32.2. The van der Waals surface area contributed by atoms with Crippen LogP contribution in [0.1, 0.15) is 38.2 Å². The van der Waals surface area contributed by atoms with E-state index in [0.717, 1.165) is 25.7 Å². The van der Waals surface area contributed by atoms with E-state index in [2.05, 4.69) is 11.6 Å². The molecule has 1 N–H and O–H groups in total. The summed E-state index contributed by atoms with van der Waals surface area (Å²) in [6, 6.07) is 8.20. The van der Waals surface area contributed by atoms with Crippen LogP contribution in [0.3, 0.4) is 0 Å². The van der Waals surface area contributed by atoms with Crippen LogP contribution in [-0.2, 0) is 10.0 Å². The van der Waals surface area contributed by atoms with Crippen LogP contribution in [0.5, 0.6) is 0 Å². The van der Waals surface area contributed by atoms with Crippen molar-refractivity contribution in [3.05, 3.63) is 29.8 Å². The van der Waals surface area contributed by atoms with Crippen molar-refractivity contribution in [2.45, 2.75) is 37.5 Å². The van der Waals surface area contributed by atoms with Crippen LogP contribution in [0.2, 0.25) is 0 Å². The van der Waals surface area contributed by atoms with Gasteiger partial charge in [0.05, 0.1) is 10.5 Å². The Morgan fingerprint density at radius 2 is 1.95 bits per heavy atom. The molecule has 1 aliphatic carbocycles. The standard InChI is InChI=1S/C14H18N2O2S/c1-14(8-4-5-9-14)11-16-19(17,18)13-7-3-2-6-12(13)10-15/h2-3,6-7,16H,4-5,8-9,11H2,1H3. The van der Waals surface area contributed by atoms with Crippen molar-refractivity contribution in [1.29, 1.82) is 5.26 Å². The number of benzene rings is 1. The van der Waals surface area contributed by atoms with E-state index in [9.17, 15) is 8.42 Å². The van der Waals surface area contributed by atoms with Crippen LogP contribution < -0.4 is 4.72 Å². The van der Waals surface area contributed by atoms with E-state index in [-0.39, 0.29) is 15.9 Å². The molecule has 0 bridgehead atoms. The summed E-state index contributed by atoms with van der Waals surface area (Å²) in [5.74, 6) is 0. The van der Waals surface area contributed by atoms with Gasteiger partial charge in [0.2, 0.25) is 10.0 Å². The van der Waals surface area contributed by atoms with Crippen LogP contribution in [0.25, 0.3) is 0 Å². The van der Waals surface area contributed by atoms with Gasteiger partial charge in [0, 0.05) is 6.54 Å².